The molecule has 0 aromatic heterocycles. The number of ether oxygens (including phenoxy) is 1. The highest BCUT2D eigenvalue weighted by atomic mass is 127. The molecule has 0 saturated carbocycles. The molecular formula is C14H13F3IN3O3S. The number of methoxy groups -OCH3 is 1. The second-order valence-electron chi connectivity index (χ2n) is 4.68. The fourth-order valence-corrected chi connectivity index (χ4v) is 2.92. The van der Waals surface area contributed by atoms with E-state index in [-0.39, 0.29) is 11.4 Å². The number of halogens is 4. The standard InChI is InChI=1S/C14H13F3IN3O3S/c1-19-25(22,23)21-13-11(24-2)6-9(16)12(17)14(13)20-10-4-3-7(18)5-8(10)15/h3-6,19-21H,1-2H3. The minimum absolute atomic E-state index is 0.170. The van der Waals surface area contributed by atoms with Gasteiger partial charge in [0.15, 0.2) is 11.6 Å². The van der Waals surface area contributed by atoms with Crippen LogP contribution in [0.2, 0.25) is 0 Å². The van der Waals surface area contributed by atoms with Gasteiger partial charge in [-0.3, -0.25) is 4.72 Å². The van der Waals surface area contributed by atoms with Crippen LogP contribution in [0.25, 0.3) is 0 Å². The van der Waals surface area contributed by atoms with Crippen molar-refractivity contribution in [2.24, 2.45) is 0 Å². The van der Waals surface area contributed by atoms with Crippen molar-refractivity contribution in [2.45, 2.75) is 0 Å². The van der Waals surface area contributed by atoms with Gasteiger partial charge in [-0.1, -0.05) is 0 Å². The van der Waals surface area contributed by atoms with Gasteiger partial charge in [0.2, 0.25) is 0 Å². The Bertz CT molecular complexity index is 910. The number of hydrogen-bond acceptors (Lipinski definition) is 4. The van der Waals surface area contributed by atoms with Crippen molar-refractivity contribution in [3.8, 4) is 5.75 Å². The monoisotopic (exact) mass is 487 g/mol. The summed E-state index contributed by atoms with van der Waals surface area (Å²) in [6, 6.07) is 4.70. The van der Waals surface area contributed by atoms with Crippen LogP contribution >= 0.6 is 22.6 Å². The Labute approximate surface area is 156 Å². The van der Waals surface area contributed by atoms with Gasteiger partial charge in [0.05, 0.1) is 12.8 Å². The first-order valence-electron chi connectivity index (χ1n) is 6.68. The molecule has 2 aromatic carbocycles. The van der Waals surface area contributed by atoms with Crippen LogP contribution in [-0.2, 0) is 10.2 Å². The first-order valence-corrected chi connectivity index (χ1v) is 9.24. The van der Waals surface area contributed by atoms with Crippen LogP contribution in [0.5, 0.6) is 5.75 Å². The molecule has 0 fully saturated rings. The minimum Gasteiger partial charge on any atom is -0.494 e. The summed E-state index contributed by atoms with van der Waals surface area (Å²) in [6.45, 7) is 0. The van der Waals surface area contributed by atoms with E-state index < -0.39 is 39.0 Å². The molecule has 0 bridgehead atoms. The Kier molecular flexibility index (Phi) is 6.00. The van der Waals surface area contributed by atoms with E-state index >= 15 is 0 Å². The van der Waals surface area contributed by atoms with Crippen LogP contribution < -0.4 is 19.5 Å². The molecule has 0 unspecified atom stereocenters. The maximum Gasteiger partial charge on any atom is 0.299 e. The SMILES string of the molecule is CNS(=O)(=O)Nc1c(OC)cc(F)c(F)c1Nc1ccc(I)cc1F. The van der Waals surface area contributed by atoms with Crippen LogP contribution in [0, 0.1) is 21.0 Å². The van der Waals surface area contributed by atoms with Gasteiger partial charge < -0.3 is 10.1 Å². The van der Waals surface area contributed by atoms with Gasteiger partial charge in [0.1, 0.15) is 22.9 Å². The van der Waals surface area contributed by atoms with Crippen LogP contribution in [0.4, 0.5) is 30.2 Å². The zero-order valence-electron chi connectivity index (χ0n) is 13.0. The summed E-state index contributed by atoms with van der Waals surface area (Å²) in [5.74, 6) is -3.70. The van der Waals surface area contributed by atoms with E-state index in [1.165, 1.54) is 18.2 Å². The number of anilines is 3. The van der Waals surface area contributed by atoms with Crippen molar-refractivity contribution in [1.29, 1.82) is 0 Å². The summed E-state index contributed by atoms with van der Waals surface area (Å²) < 4.78 is 75.1. The van der Waals surface area contributed by atoms with Gasteiger partial charge >= 0.3 is 0 Å². The van der Waals surface area contributed by atoms with E-state index in [9.17, 15) is 21.6 Å². The summed E-state index contributed by atoms with van der Waals surface area (Å²) in [5.41, 5.74) is -1.19. The highest BCUT2D eigenvalue weighted by molar-refractivity contribution is 14.1. The van der Waals surface area contributed by atoms with E-state index in [4.69, 9.17) is 4.74 Å². The van der Waals surface area contributed by atoms with E-state index in [1.54, 1.807) is 0 Å². The highest BCUT2D eigenvalue weighted by Gasteiger charge is 2.23. The molecule has 0 spiro atoms. The van der Waals surface area contributed by atoms with E-state index in [1.807, 2.05) is 32.0 Å². The quantitative estimate of drug-likeness (QED) is 0.547. The Hall–Kier alpha value is -1.73. The Balaban J connectivity index is 2.63. The number of hydrogen-bond donors (Lipinski definition) is 3. The summed E-state index contributed by atoms with van der Waals surface area (Å²) in [7, 11) is -1.79. The summed E-state index contributed by atoms with van der Waals surface area (Å²) in [4.78, 5) is 0. The molecular weight excluding hydrogens is 474 g/mol. The smallest absolute Gasteiger partial charge is 0.299 e. The molecule has 2 rings (SSSR count). The molecule has 0 aliphatic heterocycles. The van der Waals surface area contributed by atoms with Crippen molar-refractivity contribution in [3.63, 3.8) is 0 Å². The molecule has 0 radical (unpaired) electrons. The predicted molar refractivity (Wildman–Crippen MR) is 96.9 cm³/mol. The third kappa shape index (κ3) is 4.46. The zero-order valence-corrected chi connectivity index (χ0v) is 15.9. The first kappa shape index (κ1) is 19.6. The van der Waals surface area contributed by atoms with Crippen molar-refractivity contribution in [2.75, 3.05) is 24.2 Å². The topological polar surface area (TPSA) is 79.5 Å². The second-order valence-corrected chi connectivity index (χ2v) is 7.55. The van der Waals surface area contributed by atoms with E-state index in [2.05, 4.69) is 5.32 Å². The van der Waals surface area contributed by atoms with Gasteiger partial charge in [-0.25, -0.2) is 17.9 Å². The Morgan fingerprint density at radius 1 is 1.08 bits per heavy atom. The van der Waals surface area contributed by atoms with E-state index in [0.29, 0.717) is 9.64 Å². The molecule has 0 aliphatic carbocycles. The summed E-state index contributed by atoms with van der Waals surface area (Å²) in [6.07, 6.45) is 0. The lowest BCUT2D eigenvalue weighted by molar-refractivity contribution is 0.409. The van der Waals surface area contributed by atoms with Crippen molar-refractivity contribution in [1.82, 2.24) is 4.72 Å². The average Bonchev–Trinajstić information content (AvgIpc) is 2.55. The van der Waals surface area contributed by atoms with Crippen molar-refractivity contribution >= 4 is 49.9 Å². The van der Waals surface area contributed by atoms with Gasteiger partial charge in [0, 0.05) is 16.7 Å². The van der Waals surface area contributed by atoms with Crippen LogP contribution in [0.15, 0.2) is 24.3 Å². The maximum atomic E-state index is 14.3. The van der Waals surface area contributed by atoms with Crippen molar-refractivity contribution < 1.29 is 26.3 Å². The fraction of sp³-hybridized carbons (Fsp3) is 0.143. The molecule has 6 nitrogen and oxygen atoms in total. The lowest BCUT2D eigenvalue weighted by Gasteiger charge is -2.18. The maximum absolute atomic E-state index is 14.3. The third-order valence-electron chi connectivity index (χ3n) is 3.10. The molecule has 0 aliphatic rings. The number of nitrogens with one attached hydrogen (secondary N) is 3. The molecule has 0 atom stereocenters. The third-order valence-corrected chi connectivity index (χ3v) is 4.78. The Morgan fingerprint density at radius 3 is 2.32 bits per heavy atom. The molecule has 3 N–H and O–H groups in total. The molecule has 25 heavy (non-hydrogen) atoms. The lowest BCUT2D eigenvalue weighted by Crippen LogP contribution is -2.27. The molecule has 0 heterocycles. The molecule has 136 valence electrons. The van der Waals surface area contributed by atoms with Gasteiger partial charge in [0.25, 0.3) is 10.2 Å². The predicted octanol–water partition coefficient (Wildman–Crippen LogP) is 3.34. The minimum atomic E-state index is -4.07. The number of rotatable bonds is 6. The molecule has 0 amide bonds. The highest BCUT2D eigenvalue weighted by Crippen LogP contribution is 2.39. The largest absolute Gasteiger partial charge is 0.494 e. The van der Waals surface area contributed by atoms with Crippen LogP contribution in [0.3, 0.4) is 0 Å². The molecule has 0 saturated heterocycles. The van der Waals surface area contributed by atoms with Gasteiger partial charge in [-0.15, -0.1) is 0 Å². The zero-order chi connectivity index (χ0) is 18.8. The summed E-state index contributed by atoms with van der Waals surface area (Å²) in [5, 5.41) is 2.37. The second kappa shape index (κ2) is 7.66. The summed E-state index contributed by atoms with van der Waals surface area (Å²) >= 11 is 1.88. The van der Waals surface area contributed by atoms with Crippen LogP contribution in [-0.4, -0.2) is 22.6 Å². The van der Waals surface area contributed by atoms with Crippen molar-refractivity contribution in [3.05, 3.63) is 45.3 Å². The fourth-order valence-electron chi connectivity index (χ4n) is 1.89. The number of benzene rings is 2. The van der Waals surface area contributed by atoms with Crippen LogP contribution in [0.1, 0.15) is 0 Å². The Morgan fingerprint density at radius 2 is 1.76 bits per heavy atom. The normalized spacial score (nSPS) is 11.3. The van der Waals surface area contributed by atoms with Gasteiger partial charge in [-0.05, 0) is 40.8 Å². The average molecular weight is 487 g/mol. The van der Waals surface area contributed by atoms with E-state index in [0.717, 1.165) is 14.2 Å². The van der Waals surface area contributed by atoms with Gasteiger partial charge in [-0.2, -0.15) is 8.42 Å². The first-order chi connectivity index (χ1) is 11.7. The molecule has 2 aromatic rings. The molecule has 11 heteroatoms. The lowest BCUT2D eigenvalue weighted by atomic mass is 10.2.